The Hall–Kier alpha value is -0.460. The molecule has 18 heavy (non-hydrogen) atoms. The van der Waals surface area contributed by atoms with Gasteiger partial charge in [0.2, 0.25) is 0 Å². The minimum absolute atomic E-state index is 0.303. The summed E-state index contributed by atoms with van der Waals surface area (Å²) in [6.45, 7) is 1.87. The molecule has 0 aliphatic rings. The third-order valence-corrected chi connectivity index (χ3v) is 4.09. The quantitative estimate of drug-likeness (QED) is 0.705. The third kappa shape index (κ3) is 2.92. The maximum atomic E-state index is 13.8. The number of aliphatic hydroxyl groups excluding tert-OH is 1. The Morgan fingerprint density at radius 3 is 2.61 bits per heavy atom. The molecule has 4 heteroatoms. The summed E-state index contributed by atoms with van der Waals surface area (Å²) in [5.74, 6) is -0.390. The van der Waals surface area contributed by atoms with Crippen molar-refractivity contribution < 1.29 is 9.50 Å². The van der Waals surface area contributed by atoms with E-state index in [4.69, 9.17) is 0 Å². The van der Waals surface area contributed by atoms with Crippen LogP contribution in [0.4, 0.5) is 4.39 Å². The molecular formula is C14H11BrFIO. The largest absolute Gasteiger partial charge is 0.384 e. The second-order valence-corrected chi connectivity index (χ2v) is 6.19. The molecule has 0 heterocycles. The number of hydrogen-bond acceptors (Lipinski definition) is 1. The minimum atomic E-state index is -0.964. The summed E-state index contributed by atoms with van der Waals surface area (Å²) >= 11 is 5.55. The summed E-state index contributed by atoms with van der Waals surface area (Å²) in [5.41, 5.74) is 1.90. The van der Waals surface area contributed by atoms with Gasteiger partial charge in [-0.1, -0.05) is 33.6 Å². The lowest BCUT2D eigenvalue weighted by Crippen LogP contribution is -2.04. The lowest BCUT2D eigenvalue weighted by atomic mass is 9.99. The summed E-state index contributed by atoms with van der Waals surface area (Å²) in [7, 11) is 0. The van der Waals surface area contributed by atoms with Gasteiger partial charge in [-0.3, -0.25) is 0 Å². The van der Waals surface area contributed by atoms with Gasteiger partial charge in [0.1, 0.15) is 11.9 Å². The second kappa shape index (κ2) is 5.67. The molecule has 0 aliphatic carbocycles. The van der Waals surface area contributed by atoms with Gasteiger partial charge in [-0.2, -0.15) is 0 Å². The first-order valence-corrected chi connectivity index (χ1v) is 7.25. The normalized spacial score (nSPS) is 12.5. The molecule has 1 atom stereocenters. The monoisotopic (exact) mass is 420 g/mol. The molecule has 94 valence electrons. The van der Waals surface area contributed by atoms with Gasteiger partial charge in [0, 0.05) is 19.2 Å². The van der Waals surface area contributed by atoms with Crippen molar-refractivity contribution in [3.05, 3.63) is 66.9 Å². The Morgan fingerprint density at radius 2 is 1.89 bits per heavy atom. The van der Waals surface area contributed by atoms with Crippen LogP contribution in [0.3, 0.4) is 0 Å². The van der Waals surface area contributed by atoms with Crippen LogP contribution in [-0.4, -0.2) is 5.11 Å². The van der Waals surface area contributed by atoms with Gasteiger partial charge < -0.3 is 5.11 Å². The molecule has 1 unspecified atom stereocenters. The van der Waals surface area contributed by atoms with E-state index in [2.05, 4.69) is 38.5 Å². The van der Waals surface area contributed by atoms with Gasteiger partial charge in [0.25, 0.3) is 0 Å². The molecule has 1 N–H and O–H groups in total. The van der Waals surface area contributed by atoms with Gasteiger partial charge in [-0.05, 0) is 53.8 Å². The Morgan fingerprint density at radius 1 is 1.17 bits per heavy atom. The summed E-state index contributed by atoms with van der Waals surface area (Å²) < 4.78 is 15.5. The molecule has 1 nitrogen and oxygen atoms in total. The SMILES string of the molecule is Cc1ccc(F)c(C(O)c2cc(I)ccc2Br)c1. The van der Waals surface area contributed by atoms with Gasteiger partial charge >= 0.3 is 0 Å². The van der Waals surface area contributed by atoms with Gasteiger partial charge in [0.05, 0.1) is 0 Å². The number of rotatable bonds is 2. The van der Waals surface area contributed by atoms with Crippen molar-refractivity contribution in [1.82, 2.24) is 0 Å². The van der Waals surface area contributed by atoms with Crippen molar-refractivity contribution in [3.8, 4) is 0 Å². The number of aliphatic hydroxyl groups is 1. The van der Waals surface area contributed by atoms with Crippen molar-refractivity contribution in [2.75, 3.05) is 0 Å². The fourth-order valence-electron chi connectivity index (χ4n) is 1.76. The molecule has 0 aromatic heterocycles. The molecular weight excluding hydrogens is 410 g/mol. The van der Waals surface area contributed by atoms with Crippen LogP contribution < -0.4 is 0 Å². The van der Waals surface area contributed by atoms with Crippen LogP contribution in [0.15, 0.2) is 40.9 Å². The first-order chi connectivity index (χ1) is 8.49. The van der Waals surface area contributed by atoms with E-state index in [9.17, 15) is 9.50 Å². The smallest absolute Gasteiger partial charge is 0.129 e. The predicted octanol–water partition coefficient (Wildman–Crippen LogP) is 4.58. The minimum Gasteiger partial charge on any atom is -0.384 e. The molecule has 0 saturated carbocycles. The Kier molecular flexibility index (Phi) is 4.40. The molecule has 2 aromatic carbocycles. The summed E-state index contributed by atoms with van der Waals surface area (Å²) in [6, 6.07) is 10.4. The molecule has 0 fully saturated rings. The average Bonchev–Trinajstić information content (AvgIpc) is 2.34. The van der Waals surface area contributed by atoms with Crippen molar-refractivity contribution >= 4 is 38.5 Å². The van der Waals surface area contributed by atoms with E-state index >= 15 is 0 Å². The Balaban J connectivity index is 2.50. The molecule has 2 rings (SSSR count). The fourth-order valence-corrected chi connectivity index (χ4v) is 2.74. The van der Waals surface area contributed by atoms with Crippen LogP contribution >= 0.6 is 38.5 Å². The Labute approximate surface area is 127 Å². The zero-order valence-corrected chi connectivity index (χ0v) is 13.4. The maximum Gasteiger partial charge on any atom is 0.129 e. The zero-order valence-electron chi connectivity index (χ0n) is 9.62. The van der Waals surface area contributed by atoms with Crippen LogP contribution in [0, 0.1) is 16.3 Å². The van der Waals surface area contributed by atoms with E-state index in [-0.39, 0.29) is 5.82 Å². The van der Waals surface area contributed by atoms with Crippen LogP contribution in [-0.2, 0) is 0 Å². The molecule has 0 aliphatic heterocycles. The average molecular weight is 421 g/mol. The lowest BCUT2D eigenvalue weighted by molar-refractivity contribution is 0.214. The molecule has 0 bridgehead atoms. The zero-order chi connectivity index (χ0) is 13.3. The predicted molar refractivity (Wildman–Crippen MR) is 82.1 cm³/mol. The highest BCUT2D eigenvalue weighted by atomic mass is 127. The van der Waals surface area contributed by atoms with Crippen LogP contribution in [0.25, 0.3) is 0 Å². The lowest BCUT2D eigenvalue weighted by Gasteiger charge is -2.15. The molecule has 0 radical (unpaired) electrons. The summed E-state index contributed by atoms with van der Waals surface area (Å²) in [6.07, 6.45) is -0.964. The number of halogens is 3. The van der Waals surface area contributed by atoms with E-state index < -0.39 is 6.10 Å². The van der Waals surface area contributed by atoms with E-state index in [0.29, 0.717) is 11.1 Å². The highest BCUT2D eigenvalue weighted by molar-refractivity contribution is 14.1. The first kappa shape index (κ1) is 14.0. The van der Waals surface area contributed by atoms with Crippen molar-refractivity contribution in [2.24, 2.45) is 0 Å². The highest BCUT2D eigenvalue weighted by Gasteiger charge is 2.17. The summed E-state index contributed by atoms with van der Waals surface area (Å²) in [4.78, 5) is 0. The van der Waals surface area contributed by atoms with E-state index in [0.717, 1.165) is 13.6 Å². The number of aryl methyl sites for hydroxylation is 1. The standard InChI is InChI=1S/C14H11BrFIO/c1-8-2-5-13(16)11(6-8)14(18)10-7-9(17)3-4-12(10)15/h2-7,14,18H,1H3. The topological polar surface area (TPSA) is 20.2 Å². The van der Waals surface area contributed by atoms with Crippen molar-refractivity contribution in [2.45, 2.75) is 13.0 Å². The van der Waals surface area contributed by atoms with E-state index in [1.807, 2.05) is 25.1 Å². The molecule has 0 saturated heterocycles. The second-order valence-electron chi connectivity index (χ2n) is 4.09. The Bertz CT molecular complexity index is 535. The number of hydrogen-bond donors (Lipinski definition) is 1. The number of benzene rings is 2. The van der Waals surface area contributed by atoms with Crippen LogP contribution in [0.2, 0.25) is 0 Å². The molecule has 2 aromatic rings. The summed E-state index contributed by atoms with van der Waals surface area (Å²) in [5, 5.41) is 10.3. The first-order valence-electron chi connectivity index (χ1n) is 5.38. The third-order valence-electron chi connectivity index (χ3n) is 2.70. The molecule has 0 spiro atoms. The van der Waals surface area contributed by atoms with Crippen molar-refractivity contribution in [3.63, 3.8) is 0 Å². The van der Waals surface area contributed by atoms with Crippen molar-refractivity contribution in [1.29, 1.82) is 0 Å². The van der Waals surface area contributed by atoms with Crippen LogP contribution in [0.5, 0.6) is 0 Å². The maximum absolute atomic E-state index is 13.8. The highest BCUT2D eigenvalue weighted by Crippen LogP contribution is 2.31. The fraction of sp³-hybridized carbons (Fsp3) is 0.143. The van der Waals surface area contributed by atoms with Gasteiger partial charge in [-0.25, -0.2) is 4.39 Å². The van der Waals surface area contributed by atoms with Gasteiger partial charge in [0.15, 0.2) is 0 Å². The van der Waals surface area contributed by atoms with Crippen LogP contribution in [0.1, 0.15) is 22.8 Å². The molecule has 0 amide bonds. The van der Waals surface area contributed by atoms with E-state index in [1.54, 1.807) is 12.1 Å². The van der Waals surface area contributed by atoms with Gasteiger partial charge in [-0.15, -0.1) is 0 Å². The van der Waals surface area contributed by atoms with E-state index in [1.165, 1.54) is 6.07 Å².